The molecule has 5 rings (SSSR count). The molecule has 5 aromatic rings. The van der Waals surface area contributed by atoms with Crippen molar-refractivity contribution < 1.29 is 13.2 Å². The third-order valence-corrected chi connectivity index (χ3v) is 9.06. The van der Waals surface area contributed by atoms with E-state index in [1.165, 1.54) is 17.7 Å². The topological polar surface area (TPSA) is 120 Å². The molecule has 2 aromatic heterocycles. The number of amides is 1. The highest BCUT2D eigenvalue weighted by molar-refractivity contribution is 7.91. The molecule has 2 unspecified atom stereocenters. The van der Waals surface area contributed by atoms with Gasteiger partial charge in [0.15, 0.2) is 15.7 Å². The van der Waals surface area contributed by atoms with E-state index in [4.69, 9.17) is 10.7 Å². The van der Waals surface area contributed by atoms with E-state index in [-0.39, 0.29) is 16.7 Å². The number of hydrogen-bond acceptors (Lipinski definition) is 6. The largest absolute Gasteiger partial charge is 0.323 e. The molecule has 1 amide bonds. The Balaban J connectivity index is 1.40. The van der Waals surface area contributed by atoms with Crippen molar-refractivity contribution in [2.75, 3.05) is 11.1 Å². The van der Waals surface area contributed by atoms with Crippen molar-refractivity contribution in [3.8, 4) is 11.5 Å². The van der Waals surface area contributed by atoms with Crippen molar-refractivity contribution in [2.45, 2.75) is 44.7 Å². The van der Waals surface area contributed by atoms with Crippen LogP contribution in [0.15, 0.2) is 90.0 Å². The van der Waals surface area contributed by atoms with Gasteiger partial charge in [-0.05, 0) is 73.9 Å². The van der Waals surface area contributed by atoms with Crippen molar-refractivity contribution in [1.82, 2.24) is 14.5 Å². The number of nitrogens with one attached hydrogen (secondary N) is 1. The van der Waals surface area contributed by atoms with E-state index in [1.807, 2.05) is 18.2 Å². The molecule has 0 spiro atoms. The summed E-state index contributed by atoms with van der Waals surface area (Å²) in [6, 6.07) is 23.4. The summed E-state index contributed by atoms with van der Waals surface area (Å²) < 4.78 is 26.3. The average molecular weight is 568 g/mol. The minimum absolute atomic E-state index is 0.00264. The van der Waals surface area contributed by atoms with Gasteiger partial charge in [-0.3, -0.25) is 9.78 Å². The van der Waals surface area contributed by atoms with Gasteiger partial charge in [0.25, 0.3) is 0 Å². The first-order valence-electron chi connectivity index (χ1n) is 13.5. The van der Waals surface area contributed by atoms with Gasteiger partial charge in [-0.1, -0.05) is 55.0 Å². The molecule has 3 aromatic carbocycles. The highest BCUT2D eigenvalue weighted by Crippen LogP contribution is 2.32. The molecule has 41 heavy (non-hydrogen) atoms. The zero-order valence-electron chi connectivity index (χ0n) is 23.5. The van der Waals surface area contributed by atoms with E-state index in [1.54, 1.807) is 31.3 Å². The van der Waals surface area contributed by atoms with Crippen LogP contribution >= 0.6 is 0 Å². The Morgan fingerprint density at radius 2 is 1.59 bits per heavy atom. The Morgan fingerprint density at radius 1 is 0.927 bits per heavy atom. The lowest BCUT2D eigenvalue weighted by Crippen LogP contribution is -2.27. The first kappa shape index (κ1) is 28.2. The summed E-state index contributed by atoms with van der Waals surface area (Å²) in [7, 11) is -3.33. The zero-order valence-corrected chi connectivity index (χ0v) is 24.3. The lowest BCUT2D eigenvalue weighted by Gasteiger charge is -2.19. The van der Waals surface area contributed by atoms with E-state index in [2.05, 4.69) is 66.0 Å². The molecule has 8 nitrogen and oxygen atoms in total. The summed E-state index contributed by atoms with van der Waals surface area (Å²) in [5, 5.41) is 2.81. The number of fused-ring (bicyclic) bond motifs is 1. The zero-order chi connectivity index (χ0) is 29.3. The number of sulfone groups is 1. The number of aromatic nitrogens is 3. The molecule has 2 heterocycles. The number of pyridine rings is 1. The second-order valence-electron chi connectivity index (χ2n) is 10.3. The minimum Gasteiger partial charge on any atom is -0.323 e. The third kappa shape index (κ3) is 5.77. The Hall–Kier alpha value is -4.34. The average Bonchev–Trinajstić information content (AvgIpc) is 3.35. The number of imidazole rings is 1. The van der Waals surface area contributed by atoms with Crippen LogP contribution in [0.4, 0.5) is 5.69 Å². The van der Waals surface area contributed by atoms with Gasteiger partial charge in [-0.15, -0.1) is 0 Å². The molecule has 0 saturated heterocycles. The second kappa shape index (κ2) is 11.3. The van der Waals surface area contributed by atoms with Crippen LogP contribution in [0.1, 0.15) is 48.2 Å². The summed E-state index contributed by atoms with van der Waals surface area (Å²) in [6.07, 6.45) is 1.59. The summed E-state index contributed by atoms with van der Waals surface area (Å²) in [5.74, 6) is 0.305. The van der Waals surface area contributed by atoms with Gasteiger partial charge in [0.1, 0.15) is 11.7 Å². The number of nitrogens with two attached hydrogens (primary N) is 1. The van der Waals surface area contributed by atoms with Crippen LogP contribution in [0, 0.1) is 13.8 Å². The number of benzene rings is 3. The molecule has 9 heteroatoms. The van der Waals surface area contributed by atoms with Gasteiger partial charge < -0.3 is 15.6 Å². The van der Waals surface area contributed by atoms with Gasteiger partial charge in [0, 0.05) is 0 Å². The number of hydrogen-bond donors (Lipinski definition) is 2. The molecule has 3 N–H and O–H groups in total. The molecule has 0 fully saturated rings. The molecule has 210 valence electrons. The SMILES string of the molecule is CCS(=O)(=O)c1ccc(C(N)C(=O)Nc2ccc(-c3nc4ccc(C)cc4n3C(C)c3ccc(C)cc3)nc2)cc1. The predicted octanol–water partition coefficient (Wildman–Crippen LogP) is 5.76. The maximum Gasteiger partial charge on any atom is 0.245 e. The number of anilines is 1. The molecule has 2 atom stereocenters. The smallest absolute Gasteiger partial charge is 0.245 e. The number of rotatable bonds is 8. The van der Waals surface area contributed by atoms with Crippen molar-refractivity contribution >= 4 is 32.5 Å². The van der Waals surface area contributed by atoms with E-state index < -0.39 is 21.8 Å². The Morgan fingerprint density at radius 3 is 2.22 bits per heavy atom. The fraction of sp³-hybridized carbons (Fsp3) is 0.219. The maximum absolute atomic E-state index is 12.9. The number of carbonyl (C=O) groups is 1. The van der Waals surface area contributed by atoms with E-state index in [0.29, 0.717) is 16.9 Å². The Bertz CT molecular complexity index is 1810. The van der Waals surface area contributed by atoms with E-state index >= 15 is 0 Å². The van der Waals surface area contributed by atoms with Crippen LogP contribution < -0.4 is 11.1 Å². The normalized spacial score (nSPS) is 13.2. The van der Waals surface area contributed by atoms with Crippen molar-refractivity contribution in [1.29, 1.82) is 0 Å². The van der Waals surface area contributed by atoms with Crippen LogP contribution in [-0.4, -0.2) is 34.6 Å². The highest BCUT2D eigenvalue weighted by atomic mass is 32.2. The third-order valence-electron chi connectivity index (χ3n) is 7.31. The lowest BCUT2D eigenvalue weighted by atomic mass is 10.1. The van der Waals surface area contributed by atoms with Crippen LogP contribution in [0.25, 0.3) is 22.6 Å². The first-order valence-corrected chi connectivity index (χ1v) is 15.1. The van der Waals surface area contributed by atoms with E-state index in [9.17, 15) is 13.2 Å². The number of carbonyl (C=O) groups excluding carboxylic acids is 1. The first-order chi connectivity index (χ1) is 19.6. The van der Waals surface area contributed by atoms with Crippen molar-refractivity contribution in [3.63, 3.8) is 0 Å². The Labute approximate surface area is 240 Å². The molecule has 0 aliphatic carbocycles. The number of aryl methyl sites for hydroxylation is 2. The van der Waals surface area contributed by atoms with Gasteiger partial charge in [-0.25, -0.2) is 13.4 Å². The molecular weight excluding hydrogens is 534 g/mol. The lowest BCUT2D eigenvalue weighted by molar-refractivity contribution is -0.117. The predicted molar refractivity (Wildman–Crippen MR) is 162 cm³/mol. The summed E-state index contributed by atoms with van der Waals surface area (Å²) in [5.41, 5.74) is 13.3. The quantitative estimate of drug-likeness (QED) is 0.246. The molecular formula is C32H33N5O3S. The minimum atomic E-state index is -3.33. The van der Waals surface area contributed by atoms with Crippen LogP contribution in [0.5, 0.6) is 0 Å². The van der Waals surface area contributed by atoms with Crippen molar-refractivity contribution in [2.24, 2.45) is 5.73 Å². The summed E-state index contributed by atoms with van der Waals surface area (Å²) in [4.78, 5) is 22.7. The summed E-state index contributed by atoms with van der Waals surface area (Å²) >= 11 is 0. The molecule has 0 bridgehead atoms. The van der Waals surface area contributed by atoms with Crippen LogP contribution in [0.3, 0.4) is 0 Å². The van der Waals surface area contributed by atoms with Crippen molar-refractivity contribution in [3.05, 3.63) is 107 Å². The molecule has 0 aliphatic heterocycles. The fourth-order valence-corrected chi connectivity index (χ4v) is 5.67. The highest BCUT2D eigenvalue weighted by Gasteiger charge is 2.21. The summed E-state index contributed by atoms with van der Waals surface area (Å²) in [6.45, 7) is 7.87. The molecule has 0 saturated carbocycles. The second-order valence-corrected chi connectivity index (χ2v) is 12.5. The van der Waals surface area contributed by atoms with E-state index in [0.717, 1.165) is 28.0 Å². The molecule has 0 radical (unpaired) electrons. The Kier molecular flexibility index (Phi) is 7.75. The standard InChI is InChI=1S/C32H33N5O3S/c1-5-41(39,40)26-14-11-24(12-15-26)30(33)32(38)35-25-13-17-28(34-19-25)31-36-27-16-8-21(3)18-29(27)37(31)22(4)23-9-6-20(2)7-10-23/h6-19,22,30H,5,33H2,1-4H3,(H,35,38). The number of nitrogens with zero attached hydrogens (tertiary/aromatic N) is 3. The maximum atomic E-state index is 12.9. The van der Waals surface area contributed by atoms with Gasteiger partial charge >= 0.3 is 0 Å². The molecule has 0 aliphatic rings. The monoisotopic (exact) mass is 567 g/mol. The van der Waals surface area contributed by atoms with Crippen LogP contribution in [0.2, 0.25) is 0 Å². The van der Waals surface area contributed by atoms with Crippen LogP contribution in [-0.2, 0) is 14.6 Å². The van der Waals surface area contributed by atoms with Gasteiger partial charge in [-0.2, -0.15) is 0 Å². The van der Waals surface area contributed by atoms with Gasteiger partial charge in [0.05, 0.1) is 39.6 Å². The van der Waals surface area contributed by atoms with Gasteiger partial charge in [0.2, 0.25) is 5.91 Å². The fourth-order valence-electron chi connectivity index (χ4n) is 4.79.